The molecule has 0 heterocycles. The molecule has 2 rings (SSSR count). The highest BCUT2D eigenvalue weighted by molar-refractivity contribution is 9.10. The first-order valence-electron chi connectivity index (χ1n) is 6.97. The molecule has 4 heteroatoms. The van der Waals surface area contributed by atoms with Gasteiger partial charge in [0, 0.05) is 6.04 Å². The van der Waals surface area contributed by atoms with E-state index in [1.165, 1.54) is 11.6 Å². The predicted octanol–water partition coefficient (Wildman–Crippen LogP) is 4.97. The first-order valence-corrected chi connectivity index (χ1v) is 7.77. The fourth-order valence-corrected chi connectivity index (χ4v) is 2.42. The van der Waals surface area contributed by atoms with Crippen molar-refractivity contribution in [3.63, 3.8) is 0 Å². The van der Waals surface area contributed by atoms with Crippen molar-refractivity contribution in [2.45, 2.75) is 32.7 Å². The zero-order valence-corrected chi connectivity index (χ0v) is 13.8. The molecule has 0 radical (unpaired) electrons. The maximum absolute atomic E-state index is 13.2. The maximum atomic E-state index is 13.2. The second-order valence-corrected chi connectivity index (χ2v) is 5.99. The SMILES string of the molecule is CCC(N)Cc1ccc(Oc2ccc(F)c(Br)c2)cc1C. The second kappa shape index (κ2) is 7.05. The van der Waals surface area contributed by atoms with Gasteiger partial charge in [0.2, 0.25) is 0 Å². The highest BCUT2D eigenvalue weighted by Crippen LogP contribution is 2.27. The van der Waals surface area contributed by atoms with E-state index in [1.807, 2.05) is 25.1 Å². The van der Waals surface area contributed by atoms with Crippen LogP contribution in [-0.2, 0) is 6.42 Å². The molecule has 2 N–H and O–H groups in total. The molecule has 112 valence electrons. The summed E-state index contributed by atoms with van der Waals surface area (Å²) in [6, 6.07) is 10.7. The molecule has 0 aliphatic rings. The van der Waals surface area contributed by atoms with E-state index < -0.39 is 0 Å². The van der Waals surface area contributed by atoms with Crippen LogP contribution >= 0.6 is 15.9 Å². The van der Waals surface area contributed by atoms with Gasteiger partial charge in [-0.3, -0.25) is 0 Å². The lowest BCUT2D eigenvalue weighted by molar-refractivity contribution is 0.479. The summed E-state index contributed by atoms with van der Waals surface area (Å²) in [6.45, 7) is 4.13. The van der Waals surface area contributed by atoms with Gasteiger partial charge in [-0.15, -0.1) is 0 Å². The molecule has 1 unspecified atom stereocenters. The Morgan fingerprint density at radius 3 is 2.48 bits per heavy atom. The highest BCUT2D eigenvalue weighted by atomic mass is 79.9. The molecular formula is C17H19BrFNO. The molecule has 2 aromatic rings. The zero-order valence-electron chi connectivity index (χ0n) is 12.2. The minimum Gasteiger partial charge on any atom is -0.457 e. The largest absolute Gasteiger partial charge is 0.457 e. The van der Waals surface area contributed by atoms with E-state index in [-0.39, 0.29) is 11.9 Å². The van der Waals surface area contributed by atoms with Crippen LogP contribution in [0, 0.1) is 12.7 Å². The average Bonchev–Trinajstić information content (AvgIpc) is 2.45. The summed E-state index contributed by atoms with van der Waals surface area (Å²) < 4.78 is 19.3. The van der Waals surface area contributed by atoms with Crippen molar-refractivity contribution in [1.29, 1.82) is 0 Å². The molecular weight excluding hydrogens is 333 g/mol. The number of nitrogens with two attached hydrogens (primary N) is 1. The van der Waals surface area contributed by atoms with Crippen molar-refractivity contribution in [3.8, 4) is 11.5 Å². The van der Waals surface area contributed by atoms with Crippen LogP contribution in [0.3, 0.4) is 0 Å². The predicted molar refractivity (Wildman–Crippen MR) is 87.3 cm³/mol. The molecule has 0 aliphatic heterocycles. The molecule has 0 bridgehead atoms. The Labute approximate surface area is 133 Å². The molecule has 2 nitrogen and oxygen atoms in total. The van der Waals surface area contributed by atoms with Crippen LogP contribution in [0.1, 0.15) is 24.5 Å². The lowest BCUT2D eigenvalue weighted by Crippen LogP contribution is -2.21. The van der Waals surface area contributed by atoms with Gasteiger partial charge in [-0.25, -0.2) is 4.39 Å². The molecule has 0 amide bonds. The van der Waals surface area contributed by atoms with Crippen molar-refractivity contribution in [2.75, 3.05) is 0 Å². The fraction of sp³-hybridized carbons (Fsp3) is 0.294. The van der Waals surface area contributed by atoms with Gasteiger partial charge in [-0.1, -0.05) is 13.0 Å². The van der Waals surface area contributed by atoms with Crippen molar-refractivity contribution in [3.05, 3.63) is 57.8 Å². The van der Waals surface area contributed by atoms with Crippen LogP contribution in [0.5, 0.6) is 11.5 Å². The monoisotopic (exact) mass is 351 g/mol. The number of halogens is 2. The van der Waals surface area contributed by atoms with Gasteiger partial charge < -0.3 is 10.5 Å². The Hall–Kier alpha value is -1.39. The Bertz CT molecular complexity index is 630. The molecule has 21 heavy (non-hydrogen) atoms. The van der Waals surface area contributed by atoms with Crippen molar-refractivity contribution in [2.24, 2.45) is 5.73 Å². The molecule has 0 saturated heterocycles. The first-order chi connectivity index (χ1) is 9.99. The number of aryl methyl sites for hydroxylation is 1. The van der Waals surface area contributed by atoms with Crippen LogP contribution in [0.4, 0.5) is 4.39 Å². The summed E-state index contributed by atoms with van der Waals surface area (Å²) in [5.74, 6) is 1.03. The number of benzene rings is 2. The van der Waals surface area contributed by atoms with Crippen molar-refractivity contribution in [1.82, 2.24) is 0 Å². The molecule has 0 saturated carbocycles. The first kappa shape index (κ1) is 16.0. The standard InChI is InChI=1S/C17H19BrFNO/c1-3-13(20)9-12-4-5-14(8-11(12)2)21-15-6-7-17(19)16(18)10-15/h4-8,10,13H,3,9,20H2,1-2H3. The third kappa shape index (κ3) is 4.29. The third-order valence-corrected chi connectivity index (χ3v) is 4.06. The van der Waals surface area contributed by atoms with E-state index in [0.29, 0.717) is 10.2 Å². The molecule has 0 spiro atoms. The lowest BCUT2D eigenvalue weighted by atomic mass is 10.00. The van der Waals surface area contributed by atoms with E-state index in [9.17, 15) is 4.39 Å². The van der Waals surface area contributed by atoms with Gasteiger partial charge >= 0.3 is 0 Å². The van der Waals surface area contributed by atoms with Crippen LogP contribution in [-0.4, -0.2) is 6.04 Å². The highest BCUT2D eigenvalue weighted by Gasteiger charge is 2.07. The molecule has 0 fully saturated rings. The second-order valence-electron chi connectivity index (χ2n) is 5.14. The van der Waals surface area contributed by atoms with Crippen LogP contribution in [0.2, 0.25) is 0 Å². The zero-order chi connectivity index (χ0) is 15.4. The maximum Gasteiger partial charge on any atom is 0.137 e. The van der Waals surface area contributed by atoms with E-state index in [0.717, 1.165) is 24.2 Å². The summed E-state index contributed by atoms with van der Waals surface area (Å²) in [5, 5.41) is 0. The van der Waals surface area contributed by atoms with Gasteiger partial charge in [-0.05, 0) is 77.2 Å². The summed E-state index contributed by atoms with van der Waals surface area (Å²) in [6.07, 6.45) is 1.83. The van der Waals surface area contributed by atoms with E-state index in [4.69, 9.17) is 10.5 Å². The fourth-order valence-electron chi connectivity index (χ4n) is 2.06. The summed E-state index contributed by atoms with van der Waals surface area (Å²) >= 11 is 3.15. The lowest BCUT2D eigenvalue weighted by Gasteiger charge is -2.13. The quantitative estimate of drug-likeness (QED) is 0.825. The summed E-state index contributed by atoms with van der Waals surface area (Å²) in [4.78, 5) is 0. The van der Waals surface area contributed by atoms with Crippen LogP contribution in [0.15, 0.2) is 40.9 Å². The van der Waals surface area contributed by atoms with E-state index in [1.54, 1.807) is 12.1 Å². The summed E-state index contributed by atoms with van der Waals surface area (Å²) in [5.41, 5.74) is 8.38. The minimum atomic E-state index is -0.303. The number of hydrogen-bond donors (Lipinski definition) is 1. The Kier molecular flexibility index (Phi) is 5.37. The van der Waals surface area contributed by atoms with E-state index >= 15 is 0 Å². The Morgan fingerprint density at radius 1 is 1.19 bits per heavy atom. The number of rotatable bonds is 5. The van der Waals surface area contributed by atoms with Gasteiger partial charge in [0.1, 0.15) is 17.3 Å². The van der Waals surface area contributed by atoms with Gasteiger partial charge in [-0.2, -0.15) is 0 Å². The Balaban J connectivity index is 2.14. The van der Waals surface area contributed by atoms with Crippen LogP contribution in [0.25, 0.3) is 0 Å². The van der Waals surface area contributed by atoms with E-state index in [2.05, 4.69) is 22.9 Å². The normalized spacial score (nSPS) is 12.2. The van der Waals surface area contributed by atoms with Gasteiger partial charge in [0.25, 0.3) is 0 Å². The summed E-state index contributed by atoms with van der Waals surface area (Å²) in [7, 11) is 0. The van der Waals surface area contributed by atoms with Crippen LogP contribution < -0.4 is 10.5 Å². The smallest absolute Gasteiger partial charge is 0.137 e. The van der Waals surface area contributed by atoms with Crippen molar-refractivity contribution >= 4 is 15.9 Å². The average molecular weight is 352 g/mol. The topological polar surface area (TPSA) is 35.2 Å². The molecule has 0 aliphatic carbocycles. The number of hydrogen-bond acceptors (Lipinski definition) is 2. The molecule has 2 aromatic carbocycles. The van der Waals surface area contributed by atoms with Crippen molar-refractivity contribution < 1.29 is 9.13 Å². The van der Waals surface area contributed by atoms with Gasteiger partial charge in [0.15, 0.2) is 0 Å². The Morgan fingerprint density at radius 2 is 1.86 bits per heavy atom. The van der Waals surface area contributed by atoms with Gasteiger partial charge in [0.05, 0.1) is 4.47 Å². The number of ether oxygens (including phenoxy) is 1. The minimum absolute atomic E-state index is 0.184. The molecule has 0 aromatic heterocycles. The third-order valence-electron chi connectivity index (χ3n) is 3.45. The molecule has 1 atom stereocenters.